The summed E-state index contributed by atoms with van der Waals surface area (Å²) in [5.74, 6) is 1.27. The van der Waals surface area contributed by atoms with E-state index in [0.717, 1.165) is 0 Å². The fraction of sp³-hybridized carbons (Fsp3) is 0.500. The van der Waals surface area contributed by atoms with E-state index in [-0.39, 0.29) is 0 Å². The van der Waals surface area contributed by atoms with Gasteiger partial charge in [0, 0.05) is 6.04 Å². The molecule has 1 aliphatic rings. The highest BCUT2D eigenvalue weighted by Gasteiger charge is 2.19. The molecule has 2 atom stereocenters. The Hall–Kier alpha value is -0.470. The molecule has 0 spiro atoms. The summed E-state index contributed by atoms with van der Waals surface area (Å²) >= 11 is 2.01. The monoisotopic (exact) mass is 207 g/mol. The fourth-order valence-electron chi connectivity index (χ4n) is 1.69. The highest BCUT2D eigenvalue weighted by molar-refractivity contribution is 7.99. The van der Waals surface area contributed by atoms with Crippen LogP contribution in [0, 0.1) is 6.92 Å². The van der Waals surface area contributed by atoms with Gasteiger partial charge in [-0.3, -0.25) is 5.32 Å². The Balaban J connectivity index is 2.10. The van der Waals surface area contributed by atoms with Gasteiger partial charge in [-0.2, -0.15) is 0 Å². The Bertz CT molecular complexity index is 294. The van der Waals surface area contributed by atoms with E-state index in [2.05, 4.69) is 43.4 Å². The molecule has 0 bridgehead atoms. The number of hydrogen-bond acceptors (Lipinski definition) is 2. The van der Waals surface area contributed by atoms with Crippen molar-refractivity contribution in [2.24, 2.45) is 0 Å². The molecule has 0 aliphatic carbocycles. The van der Waals surface area contributed by atoms with Crippen LogP contribution in [0.3, 0.4) is 0 Å². The minimum absolute atomic E-state index is 0.499. The van der Waals surface area contributed by atoms with Crippen molar-refractivity contribution in [1.82, 2.24) is 5.32 Å². The summed E-state index contributed by atoms with van der Waals surface area (Å²) in [5, 5.41) is 4.11. The zero-order chi connectivity index (χ0) is 9.97. The van der Waals surface area contributed by atoms with Gasteiger partial charge in [0.15, 0.2) is 0 Å². The Morgan fingerprint density at radius 3 is 2.64 bits per heavy atom. The van der Waals surface area contributed by atoms with Crippen LogP contribution in [0.4, 0.5) is 0 Å². The largest absolute Gasteiger partial charge is 0.299 e. The maximum absolute atomic E-state index is 3.62. The highest BCUT2D eigenvalue weighted by Crippen LogP contribution is 2.31. The molecule has 1 heterocycles. The molecule has 1 aromatic rings. The van der Waals surface area contributed by atoms with Crippen molar-refractivity contribution in [3.63, 3.8) is 0 Å². The summed E-state index contributed by atoms with van der Waals surface area (Å²) in [6, 6.07) is 9.51. The lowest BCUT2D eigenvalue weighted by molar-refractivity contribution is 0.512. The second-order valence-corrected chi connectivity index (χ2v) is 5.23. The first-order valence-corrected chi connectivity index (χ1v) is 6.25. The fourth-order valence-corrected chi connectivity index (χ4v) is 3.09. The van der Waals surface area contributed by atoms with Crippen LogP contribution < -0.4 is 5.32 Å². The molecule has 1 saturated heterocycles. The first-order valence-electron chi connectivity index (χ1n) is 5.20. The molecule has 76 valence electrons. The van der Waals surface area contributed by atoms with Gasteiger partial charge < -0.3 is 0 Å². The molecule has 1 fully saturated rings. The average molecular weight is 207 g/mol. The van der Waals surface area contributed by atoms with Crippen LogP contribution in [0.1, 0.15) is 29.8 Å². The molecule has 2 heteroatoms. The molecular weight excluding hydrogens is 190 g/mol. The van der Waals surface area contributed by atoms with Gasteiger partial charge in [-0.1, -0.05) is 29.8 Å². The lowest BCUT2D eigenvalue weighted by Gasteiger charge is -2.28. The van der Waals surface area contributed by atoms with E-state index in [1.165, 1.54) is 23.3 Å². The van der Waals surface area contributed by atoms with Gasteiger partial charge in [-0.25, -0.2) is 0 Å². The summed E-state index contributed by atoms with van der Waals surface area (Å²) in [6.07, 6.45) is 1.28. The van der Waals surface area contributed by atoms with E-state index in [1.807, 2.05) is 11.8 Å². The molecule has 0 amide bonds. The van der Waals surface area contributed by atoms with Crippen molar-refractivity contribution in [1.29, 1.82) is 0 Å². The standard InChI is InChI=1S/C12H17NS/c1-9-3-5-11(6-4-9)12-13-10(2)7-8-14-12/h3-6,10,12-13H,7-8H2,1-2H3. The van der Waals surface area contributed by atoms with E-state index in [1.54, 1.807) is 0 Å². The molecule has 1 nitrogen and oxygen atoms in total. The van der Waals surface area contributed by atoms with E-state index in [4.69, 9.17) is 0 Å². The maximum atomic E-state index is 3.62. The van der Waals surface area contributed by atoms with Gasteiger partial charge in [0.1, 0.15) is 0 Å². The van der Waals surface area contributed by atoms with Crippen LogP contribution in [0.2, 0.25) is 0 Å². The summed E-state index contributed by atoms with van der Waals surface area (Å²) in [5.41, 5.74) is 2.75. The Morgan fingerprint density at radius 1 is 1.29 bits per heavy atom. The molecule has 2 rings (SSSR count). The molecule has 1 aliphatic heterocycles. The lowest BCUT2D eigenvalue weighted by atomic mass is 10.1. The summed E-state index contributed by atoms with van der Waals surface area (Å²) < 4.78 is 0. The van der Waals surface area contributed by atoms with Crippen molar-refractivity contribution >= 4 is 11.8 Å². The topological polar surface area (TPSA) is 12.0 Å². The van der Waals surface area contributed by atoms with Crippen molar-refractivity contribution in [2.45, 2.75) is 31.7 Å². The second kappa shape index (κ2) is 4.37. The molecule has 1 aromatic carbocycles. The summed E-state index contributed by atoms with van der Waals surface area (Å²) in [4.78, 5) is 0. The van der Waals surface area contributed by atoms with Gasteiger partial charge in [0.25, 0.3) is 0 Å². The number of rotatable bonds is 1. The molecule has 2 unspecified atom stereocenters. The van der Waals surface area contributed by atoms with Crippen LogP contribution in [0.15, 0.2) is 24.3 Å². The Kier molecular flexibility index (Phi) is 3.14. The van der Waals surface area contributed by atoms with Gasteiger partial charge in [-0.05, 0) is 31.6 Å². The third-order valence-corrected chi connectivity index (χ3v) is 3.86. The number of nitrogens with one attached hydrogen (secondary N) is 1. The molecule has 0 saturated carbocycles. The number of benzene rings is 1. The quantitative estimate of drug-likeness (QED) is 0.759. The first kappa shape index (κ1) is 10.1. The van der Waals surface area contributed by atoms with Crippen LogP contribution in [0.25, 0.3) is 0 Å². The van der Waals surface area contributed by atoms with Crippen LogP contribution in [-0.2, 0) is 0 Å². The molecule has 1 N–H and O–H groups in total. The highest BCUT2D eigenvalue weighted by atomic mass is 32.2. The number of thioether (sulfide) groups is 1. The van der Waals surface area contributed by atoms with Gasteiger partial charge in [0.05, 0.1) is 5.37 Å². The van der Waals surface area contributed by atoms with Crippen molar-refractivity contribution in [3.05, 3.63) is 35.4 Å². The van der Waals surface area contributed by atoms with E-state index < -0.39 is 0 Å². The predicted molar refractivity (Wildman–Crippen MR) is 63.6 cm³/mol. The third kappa shape index (κ3) is 2.31. The molecule has 0 radical (unpaired) electrons. The van der Waals surface area contributed by atoms with E-state index >= 15 is 0 Å². The average Bonchev–Trinajstić information content (AvgIpc) is 2.19. The molecule has 14 heavy (non-hydrogen) atoms. The van der Waals surface area contributed by atoms with Gasteiger partial charge in [0.2, 0.25) is 0 Å². The SMILES string of the molecule is Cc1ccc(C2NC(C)CCS2)cc1. The van der Waals surface area contributed by atoms with Crippen molar-refractivity contribution in [2.75, 3.05) is 5.75 Å². The smallest absolute Gasteiger partial charge is 0.0791 e. The van der Waals surface area contributed by atoms with Gasteiger partial charge in [-0.15, -0.1) is 11.8 Å². The normalized spacial score (nSPS) is 27.6. The molecular formula is C12H17NS. The van der Waals surface area contributed by atoms with E-state index in [0.29, 0.717) is 11.4 Å². The predicted octanol–water partition coefficient (Wildman–Crippen LogP) is 3.11. The van der Waals surface area contributed by atoms with Crippen molar-refractivity contribution in [3.8, 4) is 0 Å². The van der Waals surface area contributed by atoms with Crippen LogP contribution in [0.5, 0.6) is 0 Å². The second-order valence-electron chi connectivity index (χ2n) is 4.02. The third-order valence-electron chi connectivity index (χ3n) is 2.65. The van der Waals surface area contributed by atoms with Crippen LogP contribution >= 0.6 is 11.8 Å². The van der Waals surface area contributed by atoms with E-state index in [9.17, 15) is 0 Å². The number of aryl methyl sites for hydroxylation is 1. The maximum Gasteiger partial charge on any atom is 0.0791 e. The molecule has 0 aromatic heterocycles. The minimum atomic E-state index is 0.499. The van der Waals surface area contributed by atoms with Crippen molar-refractivity contribution < 1.29 is 0 Å². The van der Waals surface area contributed by atoms with Gasteiger partial charge >= 0.3 is 0 Å². The Morgan fingerprint density at radius 2 is 2.00 bits per heavy atom. The summed E-state index contributed by atoms with van der Waals surface area (Å²) in [6.45, 7) is 4.40. The zero-order valence-corrected chi connectivity index (χ0v) is 9.60. The number of hydrogen-bond donors (Lipinski definition) is 1. The Labute approximate surface area is 90.3 Å². The summed E-state index contributed by atoms with van der Waals surface area (Å²) in [7, 11) is 0. The lowest BCUT2D eigenvalue weighted by Crippen LogP contribution is -2.33. The first-order chi connectivity index (χ1) is 6.75. The zero-order valence-electron chi connectivity index (χ0n) is 8.79. The van der Waals surface area contributed by atoms with Crippen LogP contribution in [-0.4, -0.2) is 11.8 Å². The minimum Gasteiger partial charge on any atom is -0.299 e.